The van der Waals surface area contributed by atoms with Crippen LogP contribution < -0.4 is 5.32 Å². The number of hydrogen-bond donors (Lipinski definition) is 3. The maximum absolute atomic E-state index is 10.7. The van der Waals surface area contributed by atoms with Crippen LogP contribution in [0.1, 0.15) is 12.8 Å². The summed E-state index contributed by atoms with van der Waals surface area (Å²) >= 11 is 0. The molecule has 1 aliphatic carbocycles. The van der Waals surface area contributed by atoms with Crippen LogP contribution in [0.25, 0.3) is 0 Å². The number of hydrogen-bond acceptors (Lipinski definition) is 3. The van der Waals surface area contributed by atoms with Crippen LogP contribution in [0.5, 0.6) is 0 Å². The largest absolute Gasteiger partial charge is 0.480 e. The quantitative estimate of drug-likeness (QED) is 0.490. The molecule has 3 fully saturated rings. The van der Waals surface area contributed by atoms with Crippen LogP contribution in [-0.4, -0.2) is 34.9 Å². The summed E-state index contributed by atoms with van der Waals surface area (Å²) in [7, 11) is 0. The number of aliphatic carboxylic acids is 1. The van der Waals surface area contributed by atoms with Gasteiger partial charge in [-0.25, -0.2) is 0 Å². The minimum atomic E-state index is -0.779. The number of aliphatic hydroxyl groups is 1. The van der Waals surface area contributed by atoms with E-state index < -0.39 is 11.5 Å². The Hall–Kier alpha value is -0.610. The summed E-state index contributed by atoms with van der Waals surface area (Å²) in [6.45, 7) is 0.755. The highest BCUT2D eigenvalue weighted by Gasteiger charge is 2.64. The summed E-state index contributed by atoms with van der Waals surface area (Å²) in [4.78, 5) is 10.7. The molecule has 2 bridgehead atoms. The number of aliphatic hydroxyl groups excluding tert-OH is 1. The van der Waals surface area contributed by atoms with Crippen LogP contribution in [0.15, 0.2) is 0 Å². The Labute approximate surface area is 64.2 Å². The molecule has 0 aromatic heterocycles. The third-order valence-corrected chi connectivity index (χ3v) is 2.90. The van der Waals surface area contributed by atoms with Gasteiger partial charge in [0.15, 0.2) is 0 Å². The summed E-state index contributed by atoms with van der Waals surface area (Å²) in [6, 6.07) is 0. The number of fused-ring (bicyclic) bond motifs is 1. The molecule has 4 nitrogen and oxygen atoms in total. The van der Waals surface area contributed by atoms with E-state index in [1.165, 1.54) is 0 Å². The SMILES string of the molecule is O=C(O)C12CC(CO)(CN1)C2. The number of carboxylic acids is 1. The standard InChI is InChI=1S/C7H11NO3/c9-4-6-1-7(2-6,5(10)11)8-3-6/h8-9H,1-4H2,(H,10,11). The van der Waals surface area contributed by atoms with Gasteiger partial charge in [0.25, 0.3) is 0 Å². The van der Waals surface area contributed by atoms with Crippen molar-refractivity contribution in [1.29, 1.82) is 0 Å². The van der Waals surface area contributed by atoms with Gasteiger partial charge in [-0.1, -0.05) is 0 Å². The molecule has 2 heterocycles. The van der Waals surface area contributed by atoms with Crippen molar-refractivity contribution >= 4 is 5.97 Å². The summed E-state index contributed by atoms with van der Waals surface area (Å²) in [5.41, 5.74) is -0.804. The van der Waals surface area contributed by atoms with Crippen LogP contribution in [0.2, 0.25) is 0 Å². The zero-order valence-corrected chi connectivity index (χ0v) is 6.13. The van der Waals surface area contributed by atoms with Crippen molar-refractivity contribution < 1.29 is 15.0 Å². The maximum Gasteiger partial charge on any atom is 0.323 e. The number of carboxylic acid groups (broad SMARTS) is 1. The number of carbonyl (C=O) groups is 1. The van der Waals surface area contributed by atoms with Gasteiger partial charge in [-0.3, -0.25) is 4.79 Å². The van der Waals surface area contributed by atoms with Crippen LogP contribution in [0.3, 0.4) is 0 Å². The zero-order chi connectivity index (χ0) is 8.11. The molecule has 11 heavy (non-hydrogen) atoms. The van der Waals surface area contributed by atoms with E-state index in [-0.39, 0.29) is 12.0 Å². The smallest absolute Gasteiger partial charge is 0.323 e. The van der Waals surface area contributed by atoms with E-state index in [2.05, 4.69) is 5.32 Å². The predicted octanol–water partition coefficient (Wildman–Crippen LogP) is -0.815. The molecule has 3 aliphatic rings. The third-order valence-electron chi connectivity index (χ3n) is 2.90. The zero-order valence-electron chi connectivity index (χ0n) is 6.13. The lowest BCUT2D eigenvalue weighted by atomic mass is 9.62. The predicted molar refractivity (Wildman–Crippen MR) is 37.1 cm³/mol. The lowest BCUT2D eigenvalue weighted by molar-refractivity contribution is -0.150. The van der Waals surface area contributed by atoms with Gasteiger partial charge >= 0.3 is 5.97 Å². The van der Waals surface area contributed by atoms with Gasteiger partial charge < -0.3 is 15.5 Å². The van der Waals surface area contributed by atoms with E-state index in [1.807, 2.05) is 0 Å². The molecule has 0 amide bonds. The van der Waals surface area contributed by atoms with Crippen LogP contribution >= 0.6 is 0 Å². The van der Waals surface area contributed by atoms with E-state index in [1.54, 1.807) is 0 Å². The fourth-order valence-electron chi connectivity index (χ4n) is 2.23. The Balaban J connectivity index is 2.14. The Morgan fingerprint density at radius 1 is 1.55 bits per heavy atom. The highest BCUT2D eigenvalue weighted by molar-refractivity contribution is 5.81. The van der Waals surface area contributed by atoms with E-state index in [0.29, 0.717) is 19.4 Å². The first kappa shape index (κ1) is 7.06. The fraction of sp³-hybridized carbons (Fsp3) is 0.857. The summed E-state index contributed by atoms with van der Waals surface area (Å²) < 4.78 is 0. The van der Waals surface area contributed by atoms with Crippen molar-refractivity contribution in [1.82, 2.24) is 5.32 Å². The van der Waals surface area contributed by atoms with Gasteiger partial charge in [-0.15, -0.1) is 0 Å². The molecule has 2 saturated heterocycles. The molecule has 0 radical (unpaired) electrons. The topological polar surface area (TPSA) is 69.6 Å². The molecule has 1 saturated carbocycles. The van der Waals surface area contributed by atoms with Gasteiger partial charge in [-0.2, -0.15) is 0 Å². The van der Waals surface area contributed by atoms with E-state index >= 15 is 0 Å². The summed E-state index contributed by atoms with van der Waals surface area (Å²) in [5.74, 6) is -0.779. The first-order chi connectivity index (χ1) is 5.13. The van der Waals surface area contributed by atoms with Crippen molar-refractivity contribution in [2.24, 2.45) is 5.41 Å². The Kier molecular flexibility index (Phi) is 1.13. The molecular formula is C7H11NO3. The highest BCUT2D eigenvalue weighted by Crippen LogP contribution is 2.53. The second-order valence-electron chi connectivity index (χ2n) is 3.75. The Bertz CT molecular complexity index is 208. The Morgan fingerprint density at radius 2 is 2.18 bits per heavy atom. The molecule has 0 spiro atoms. The second-order valence-corrected chi connectivity index (χ2v) is 3.75. The summed E-state index contributed by atoms with van der Waals surface area (Å²) in [5, 5.41) is 20.6. The van der Waals surface area contributed by atoms with Crippen molar-refractivity contribution in [2.45, 2.75) is 18.4 Å². The highest BCUT2D eigenvalue weighted by atomic mass is 16.4. The van der Waals surface area contributed by atoms with Crippen molar-refractivity contribution in [3.8, 4) is 0 Å². The maximum atomic E-state index is 10.7. The van der Waals surface area contributed by atoms with Gasteiger partial charge in [-0.05, 0) is 12.8 Å². The number of rotatable bonds is 2. The molecule has 3 rings (SSSR count). The van der Waals surface area contributed by atoms with Gasteiger partial charge in [0.1, 0.15) is 5.54 Å². The first-order valence-corrected chi connectivity index (χ1v) is 3.72. The molecular weight excluding hydrogens is 146 g/mol. The van der Waals surface area contributed by atoms with Crippen molar-refractivity contribution in [3.63, 3.8) is 0 Å². The first-order valence-electron chi connectivity index (χ1n) is 3.72. The van der Waals surface area contributed by atoms with Crippen LogP contribution in [0, 0.1) is 5.41 Å². The van der Waals surface area contributed by atoms with E-state index in [0.717, 1.165) is 0 Å². The van der Waals surface area contributed by atoms with Gasteiger partial charge in [0.2, 0.25) is 0 Å². The molecule has 2 aliphatic heterocycles. The van der Waals surface area contributed by atoms with E-state index in [9.17, 15) is 4.79 Å². The Morgan fingerprint density at radius 3 is 2.45 bits per heavy atom. The van der Waals surface area contributed by atoms with Crippen LogP contribution in [0.4, 0.5) is 0 Å². The minimum absolute atomic E-state index is 0.106. The fourth-order valence-corrected chi connectivity index (χ4v) is 2.23. The van der Waals surface area contributed by atoms with Gasteiger partial charge in [0, 0.05) is 12.0 Å². The van der Waals surface area contributed by atoms with Crippen molar-refractivity contribution in [3.05, 3.63) is 0 Å². The molecule has 0 aromatic carbocycles. The molecule has 3 N–H and O–H groups in total. The normalized spacial score (nSPS) is 47.0. The van der Waals surface area contributed by atoms with Crippen LogP contribution in [-0.2, 0) is 4.79 Å². The average molecular weight is 157 g/mol. The molecule has 0 aromatic rings. The molecule has 0 unspecified atom stereocenters. The van der Waals surface area contributed by atoms with E-state index in [4.69, 9.17) is 10.2 Å². The molecule has 0 atom stereocenters. The average Bonchev–Trinajstić information content (AvgIpc) is 2.39. The lowest BCUT2D eigenvalue weighted by Crippen LogP contribution is -2.54. The molecule has 62 valence electrons. The summed E-state index contributed by atoms with van der Waals surface area (Å²) in [6.07, 6.45) is 1.18. The van der Waals surface area contributed by atoms with Crippen molar-refractivity contribution in [2.75, 3.05) is 13.2 Å². The lowest BCUT2D eigenvalue weighted by Gasteiger charge is -2.41. The van der Waals surface area contributed by atoms with Gasteiger partial charge in [0.05, 0.1) is 6.61 Å². The molecule has 4 heteroatoms. The number of nitrogens with one attached hydrogen (secondary N) is 1. The second kappa shape index (κ2) is 1.76. The minimum Gasteiger partial charge on any atom is -0.480 e. The monoisotopic (exact) mass is 157 g/mol. The third kappa shape index (κ3) is 0.684.